The number of para-hydroxylation sites is 1. The van der Waals surface area contributed by atoms with Gasteiger partial charge in [0.15, 0.2) is 0 Å². The standard InChI is InChI=1S/C22H20N4O3/c1-14-12-15-6-3-4-9-19(15)26(14)20(27)18-10-11-23-22(25-18)24-17-8-5-7-16(13-17)21(28)29-2/h3-11,13-14H,12H2,1-2H3,(H,23,24,25). The average molecular weight is 388 g/mol. The third-order valence-corrected chi connectivity index (χ3v) is 4.84. The summed E-state index contributed by atoms with van der Waals surface area (Å²) in [5.41, 5.74) is 3.41. The Bertz CT molecular complexity index is 1080. The quantitative estimate of drug-likeness (QED) is 0.688. The molecule has 0 spiro atoms. The summed E-state index contributed by atoms with van der Waals surface area (Å²) in [6.07, 6.45) is 2.36. The number of hydrogen-bond acceptors (Lipinski definition) is 6. The third kappa shape index (κ3) is 3.67. The lowest BCUT2D eigenvalue weighted by molar-refractivity contribution is 0.0600. The maximum absolute atomic E-state index is 13.2. The molecule has 1 amide bonds. The van der Waals surface area contributed by atoms with Gasteiger partial charge in [-0.2, -0.15) is 0 Å². The van der Waals surface area contributed by atoms with Gasteiger partial charge >= 0.3 is 5.97 Å². The van der Waals surface area contributed by atoms with Crippen LogP contribution in [0.15, 0.2) is 60.8 Å². The SMILES string of the molecule is COC(=O)c1cccc(Nc2nccc(C(=O)N3c4ccccc4CC3C)n2)c1. The van der Waals surface area contributed by atoms with Crippen molar-refractivity contribution < 1.29 is 14.3 Å². The van der Waals surface area contributed by atoms with E-state index in [1.165, 1.54) is 7.11 Å². The van der Waals surface area contributed by atoms with E-state index in [0.29, 0.717) is 16.9 Å². The van der Waals surface area contributed by atoms with Crippen molar-refractivity contribution in [2.75, 3.05) is 17.3 Å². The molecule has 7 nitrogen and oxygen atoms in total. The highest BCUT2D eigenvalue weighted by Crippen LogP contribution is 2.32. The molecule has 3 aromatic rings. The van der Waals surface area contributed by atoms with Gasteiger partial charge in [0.25, 0.3) is 5.91 Å². The van der Waals surface area contributed by atoms with Gasteiger partial charge in [-0.1, -0.05) is 24.3 Å². The second-order valence-electron chi connectivity index (χ2n) is 6.82. The van der Waals surface area contributed by atoms with Gasteiger partial charge in [-0.15, -0.1) is 0 Å². The van der Waals surface area contributed by atoms with Crippen LogP contribution in [0.3, 0.4) is 0 Å². The van der Waals surface area contributed by atoms with E-state index in [1.54, 1.807) is 41.4 Å². The molecule has 1 N–H and O–H groups in total. The Morgan fingerprint density at radius 3 is 2.79 bits per heavy atom. The molecule has 7 heteroatoms. The molecule has 0 saturated carbocycles. The molecule has 1 atom stereocenters. The Balaban J connectivity index is 1.58. The van der Waals surface area contributed by atoms with Gasteiger partial charge in [-0.3, -0.25) is 4.79 Å². The summed E-state index contributed by atoms with van der Waals surface area (Å²) in [6.45, 7) is 2.02. The number of nitrogens with one attached hydrogen (secondary N) is 1. The summed E-state index contributed by atoms with van der Waals surface area (Å²) in [4.78, 5) is 35.2. The van der Waals surface area contributed by atoms with Crippen LogP contribution in [0.2, 0.25) is 0 Å². The van der Waals surface area contributed by atoms with Gasteiger partial charge in [0.1, 0.15) is 5.69 Å². The highest BCUT2D eigenvalue weighted by molar-refractivity contribution is 6.06. The fraction of sp³-hybridized carbons (Fsp3) is 0.182. The molecule has 1 unspecified atom stereocenters. The van der Waals surface area contributed by atoms with Crippen molar-refractivity contribution in [3.63, 3.8) is 0 Å². The molecule has 2 heterocycles. The van der Waals surface area contributed by atoms with Crippen LogP contribution < -0.4 is 10.2 Å². The van der Waals surface area contributed by atoms with Crippen molar-refractivity contribution in [2.24, 2.45) is 0 Å². The topological polar surface area (TPSA) is 84.4 Å². The van der Waals surface area contributed by atoms with Gasteiger partial charge in [0.2, 0.25) is 5.95 Å². The first-order chi connectivity index (χ1) is 14.1. The number of hydrogen-bond donors (Lipinski definition) is 1. The maximum atomic E-state index is 13.2. The number of methoxy groups -OCH3 is 1. The fourth-order valence-electron chi connectivity index (χ4n) is 3.51. The van der Waals surface area contributed by atoms with E-state index in [1.807, 2.05) is 31.2 Å². The van der Waals surface area contributed by atoms with E-state index in [9.17, 15) is 9.59 Å². The van der Waals surface area contributed by atoms with Crippen molar-refractivity contribution in [2.45, 2.75) is 19.4 Å². The fourth-order valence-corrected chi connectivity index (χ4v) is 3.51. The lowest BCUT2D eigenvalue weighted by Crippen LogP contribution is -2.36. The number of rotatable bonds is 4. The largest absolute Gasteiger partial charge is 0.465 e. The number of anilines is 3. The minimum atomic E-state index is -0.430. The molecule has 146 valence electrons. The number of amides is 1. The molecule has 1 aliphatic rings. The molecule has 0 aliphatic carbocycles. The number of ether oxygens (including phenoxy) is 1. The lowest BCUT2D eigenvalue weighted by Gasteiger charge is -2.22. The van der Waals surface area contributed by atoms with Crippen molar-refractivity contribution in [3.8, 4) is 0 Å². The van der Waals surface area contributed by atoms with Gasteiger partial charge in [-0.25, -0.2) is 14.8 Å². The molecular formula is C22H20N4O3. The molecule has 4 rings (SSSR count). The molecule has 1 aromatic heterocycles. The third-order valence-electron chi connectivity index (χ3n) is 4.84. The van der Waals surface area contributed by atoms with Crippen LogP contribution in [-0.4, -0.2) is 35.0 Å². The monoisotopic (exact) mass is 388 g/mol. The number of fused-ring (bicyclic) bond motifs is 1. The first kappa shape index (κ1) is 18.6. The second-order valence-corrected chi connectivity index (χ2v) is 6.82. The first-order valence-corrected chi connectivity index (χ1v) is 9.26. The van der Waals surface area contributed by atoms with E-state index in [0.717, 1.165) is 17.7 Å². The van der Waals surface area contributed by atoms with Crippen LogP contribution in [0.1, 0.15) is 33.3 Å². The molecular weight excluding hydrogens is 368 g/mol. The first-order valence-electron chi connectivity index (χ1n) is 9.26. The molecule has 29 heavy (non-hydrogen) atoms. The number of benzene rings is 2. The van der Waals surface area contributed by atoms with Crippen LogP contribution in [0.5, 0.6) is 0 Å². The lowest BCUT2D eigenvalue weighted by atomic mass is 10.1. The Labute approximate surface area is 168 Å². The predicted molar refractivity (Wildman–Crippen MR) is 110 cm³/mol. The average Bonchev–Trinajstić information content (AvgIpc) is 3.08. The molecule has 0 radical (unpaired) electrons. The van der Waals surface area contributed by atoms with Crippen molar-refractivity contribution in [1.82, 2.24) is 9.97 Å². The van der Waals surface area contributed by atoms with Crippen LogP contribution in [0.25, 0.3) is 0 Å². The summed E-state index contributed by atoms with van der Waals surface area (Å²) in [5.74, 6) is -0.325. The van der Waals surface area contributed by atoms with E-state index in [-0.39, 0.29) is 17.9 Å². The van der Waals surface area contributed by atoms with Crippen molar-refractivity contribution in [1.29, 1.82) is 0 Å². The molecule has 1 aliphatic heterocycles. The van der Waals surface area contributed by atoms with E-state index in [4.69, 9.17) is 4.74 Å². The number of nitrogens with zero attached hydrogens (tertiary/aromatic N) is 3. The number of carbonyl (C=O) groups excluding carboxylic acids is 2. The highest BCUT2D eigenvalue weighted by atomic mass is 16.5. The van der Waals surface area contributed by atoms with Gasteiger partial charge < -0.3 is 15.0 Å². The van der Waals surface area contributed by atoms with Crippen LogP contribution in [0.4, 0.5) is 17.3 Å². The zero-order valence-corrected chi connectivity index (χ0v) is 16.1. The Kier molecular flexibility index (Phi) is 4.95. The van der Waals surface area contributed by atoms with Crippen molar-refractivity contribution >= 4 is 29.2 Å². The summed E-state index contributed by atoms with van der Waals surface area (Å²) >= 11 is 0. The second kappa shape index (κ2) is 7.71. The normalized spacial score (nSPS) is 15.0. The Morgan fingerprint density at radius 1 is 1.14 bits per heavy atom. The molecule has 0 saturated heterocycles. The zero-order chi connectivity index (χ0) is 20.4. The Morgan fingerprint density at radius 2 is 1.97 bits per heavy atom. The smallest absolute Gasteiger partial charge is 0.337 e. The number of esters is 1. The van der Waals surface area contributed by atoms with E-state index < -0.39 is 5.97 Å². The van der Waals surface area contributed by atoms with E-state index in [2.05, 4.69) is 15.3 Å². The molecule has 0 bridgehead atoms. The maximum Gasteiger partial charge on any atom is 0.337 e. The summed E-state index contributed by atoms with van der Waals surface area (Å²) in [5, 5.41) is 3.04. The van der Waals surface area contributed by atoms with Crippen LogP contribution >= 0.6 is 0 Å². The minimum Gasteiger partial charge on any atom is -0.465 e. The van der Waals surface area contributed by atoms with Crippen LogP contribution in [-0.2, 0) is 11.2 Å². The van der Waals surface area contributed by atoms with Gasteiger partial charge in [0.05, 0.1) is 12.7 Å². The summed E-state index contributed by atoms with van der Waals surface area (Å²) in [7, 11) is 1.33. The number of aromatic nitrogens is 2. The number of carbonyl (C=O) groups is 2. The summed E-state index contributed by atoms with van der Waals surface area (Å²) < 4.78 is 4.74. The summed E-state index contributed by atoms with van der Waals surface area (Å²) in [6, 6.07) is 16.4. The molecule has 0 fully saturated rings. The van der Waals surface area contributed by atoms with E-state index >= 15 is 0 Å². The minimum absolute atomic E-state index is 0.0583. The van der Waals surface area contributed by atoms with Gasteiger partial charge in [-0.05, 0) is 49.2 Å². The predicted octanol–water partition coefficient (Wildman–Crippen LogP) is 3.60. The van der Waals surface area contributed by atoms with Crippen LogP contribution in [0, 0.1) is 0 Å². The molecule has 2 aromatic carbocycles. The van der Waals surface area contributed by atoms with Crippen molar-refractivity contribution in [3.05, 3.63) is 77.6 Å². The Hall–Kier alpha value is -3.74. The highest BCUT2D eigenvalue weighted by Gasteiger charge is 2.32. The van der Waals surface area contributed by atoms with Gasteiger partial charge in [0, 0.05) is 23.6 Å². The zero-order valence-electron chi connectivity index (χ0n) is 16.1.